The molecule has 0 aromatic rings. The lowest BCUT2D eigenvalue weighted by Gasteiger charge is -2.02. The number of carbonyl (C=O) groups is 2. The van der Waals surface area contributed by atoms with E-state index in [0.717, 1.165) is 19.3 Å². The predicted octanol–water partition coefficient (Wildman–Crippen LogP) is 2.69. The van der Waals surface area contributed by atoms with E-state index in [4.69, 9.17) is 5.26 Å². The minimum Gasteiger partial charge on any atom is -0.454 e. The van der Waals surface area contributed by atoms with Crippen molar-refractivity contribution in [2.45, 2.75) is 58.3 Å². The van der Waals surface area contributed by atoms with Crippen molar-refractivity contribution in [1.82, 2.24) is 0 Å². The second kappa shape index (κ2) is 11.4. The predicted molar refractivity (Wildman–Crippen MR) is 62.3 cm³/mol. The van der Waals surface area contributed by atoms with Crippen LogP contribution in [0.3, 0.4) is 0 Å². The summed E-state index contributed by atoms with van der Waals surface area (Å²) in [6, 6.07) is 0. The number of hydrogen-bond donors (Lipinski definition) is 1. The summed E-state index contributed by atoms with van der Waals surface area (Å²) in [4.78, 5) is 24.9. The first-order valence-electron chi connectivity index (χ1n) is 6.20. The van der Waals surface area contributed by atoms with Crippen LogP contribution in [0.1, 0.15) is 58.3 Å². The summed E-state index contributed by atoms with van der Waals surface area (Å²) in [5.41, 5.74) is 0. The number of unbranched alkanes of at least 4 members (excludes halogenated alkanes) is 6. The number of esters is 1. The molecule has 17 heavy (non-hydrogen) atoms. The first kappa shape index (κ1) is 15.9. The van der Waals surface area contributed by atoms with E-state index in [1.807, 2.05) is 0 Å². The van der Waals surface area contributed by atoms with Crippen LogP contribution in [0.15, 0.2) is 0 Å². The summed E-state index contributed by atoms with van der Waals surface area (Å²) in [6.07, 6.45) is 8.18. The molecular weight excluding hydrogens is 224 g/mol. The molecule has 5 nitrogen and oxygen atoms in total. The van der Waals surface area contributed by atoms with Gasteiger partial charge in [-0.15, -0.1) is 0 Å². The quantitative estimate of drug-likeness (QED) is 0.278. The number of ether oxygens (including phenoxy) is 1. The van der Waals surface area contributed by atoms with Crippen molar-refractivity contribution in [3.05, 3.63) is 0 Å². The maximum atomic E-state index is 11.1. The highest BCUT2D eigenvalue weighted by molar-refractivity contribution is 5.75. The van der Waals surface area contributed by atoms with Gasteiger partial charge in [0.25, 0.3) is 0 Å². The molecule has 0 saturated heterocycles. The molecule has 0 unspecified atom stereocenters. The van der Waals surface area contributed by atoms with Crippen LogP contribution in [0.2, 0.25) is 0 Å². The van der Waals surface area contributed by atoms with Crippen LogP contribution < -0.4 is 0 Å². The lowest BCUT2D eigenvalue weighted by Crippen LogP contribution is -2.14. The summed E-state index contributed by atoms with van der Waals surface area (Å²) in [5, 5.41) is 7.92. The molecule has 0 fully saturated rings. The van der Waals surface area contributed by atoms with E-state index in [0.29, 0.717) is 6.42 Å². The van der Waals surface area contributed by atoms with E-state index in [-0.39, 0.29) is 0 Å². The van der Waals surface area contributed by atoms with E-state index in [1.54, 1.807) is 0 Å². The zero-order valence-electron chi connectivity index (χ0n) is 10.4. The summed E-state index contributed by atoms with van der Waals surface area (Å²) >= 11 is 0. The van der Waals surface area contributed by atoms with Crippen molar-refractivity contribution in [1.29, 1.82) is 0 Å². The smallest absolute Gasteiger partial charge is 0.379 e. The molecule has 0 amide bonds. The molecule has 0 rings (SSSR count). The second-order valence-corrected chi connectivity index (χ2v) is 4.00. The zero-order chi connectivity index (χ0) is 12.9. The third-order valence-corrected chi connectivity index (χ3v) is 2.44. The van der Waals surface area contributed by atoms with Crippen LogP contribution in [0.25, 0.3) is 0 Å². The highest BCUT2D eigenvalue weighted by atomic mass is 17.1. The average Bonchev–Trinajstić information content (AvgIpc) is 2.34. The third-order valence-electron chi connectivity index (χ3n) is 2.44. The fourth-order valence-electron chi connectivity index (χ4n) is 1.46. The molecule has 100 valence electrons. The van der Waals surface area contributed by atoms with Gasteiger partial charge in [0.2, 0.25) is 0 Å². The highest BCUT2D eigenvalue weighted by Crippen LogP contribution is 2.08. The van der Waals surface area contributed by atoms with Gasteiger partial charge in [0.05, 0.1) is 0 Å². The molecule has 0 aliphatic rings. The topological polar surface area (TPSA) is 72.8 Å². The Morgan fingerprint density at radius 3 is 2.12 bits per heavy atom. The third kappa shape index (κ3) is 11.2. The summed E-state index contributed by atoms with van der Waals surface area (Å²) in [6.45, 7) is 1.65. The molecule has 5 heteroatoms. The summed E-state index contributed by atoms with van der Waals surface area (Å²) in [7, 11) is 0. The van der Waals surface area contributed by atoms with Gasteiger partial charge in [-0.2, -0.15) is 5.26 Å². The Balaban J connectivity index is 3.25. The Kier molecular flexibility index (Phi) is 10.7. The van der Waals surface area contributed by atoms with Crippen molar-refractivity contribution in [2.24, 2.45) is 0 Å². The largest absolute Gasteiger partial charge is 0.454 e. The molecule has 0 spiro atoms. The monoisotopic (exact) mass is 246 g/mol. The first-order valence-corrected chi connectivity index (χ1v) is 6.20. The Morgan fingerprint density at radius 1 is 0.941 bits per heavy atom. The maximum absolute atomic E-state index is 11.1. The maximum Gasteiger partial charge on any atom is 0.379 e. The molecule has 0 radical (unpaired) electrons. The fraction of sp³-hybridized carbons (Fsp3) is 0.833. The normalized spacial score (nSPS) is 10.0. The molecule has 0 bridgehead atoms. The van der Waals surface area contributed by atoms with Crippen LogP contribution in [0.4, 0.5) is 0 Å². The van der Waals surface area contributed by atoms with E-state index < -0.39 is 18.5 Å². The van der Waals surface area contributed by atoms with Crippen molar-refractivity contribution < 1.29 is 24.5 Å². The van der Waals surface area contributed by atoms with Gasteiger partial charge in [0.1, 0.15) is 0 Å². The molecule has 0 aromatic carbocycles. The molecule has 0 saturated carbocycles. The average molecular weight is 246 g/mol. The Labute approximate surface area is 102 Å². The summed E-state index contributed by atoms with van der Waals surface area (Å²) in [5.74, 6) is -1.39. The van der Waals surface area contributed by atoms with Crippen LogP contribution in [0, 0.1) is 0 Å². The minimum atomic E-state index is -0.960. The lowest BCUT2D eigenvalue weighted by molar-refractivity contribution is -0.238. The van der Waals surface area contributed by atoms with Crippen LogP contribution >= 0.6 is 0 Å². The molecule has 0 aromatic heterocycles. The van der Waals surface area contributed by atoms with Gasteiger partial charge in [-0.1, -0.05) is 45.4 Å². The Hall–Kier alpha value is -1.10. The molecular formula is C12H22O5. The number of carbonyl (C=O) groups excluding carboxylic acids is 2. The van der Waals surface area contributed by atoms with E-state index in [1.165, 1.54) is 25.7 Å². The molecule has 0 aliphatic heterocycles. The fourth-order valence-corrected chi connectivity index (χ4v) is 1.46. The van der Waals surface area contributed by atoms with Crippen molar-refractivity contribution in [3.8, 4) is 0 Å². The second-order valence-electron chi connectivity index (χ2n) is 4.00. The zero-order valence-corrected chi connectivity index (χ0v) is 10.4. The van der Waals surface area contributed by atoms with Crippen molar-refractivity contribution in [2.75, 3.05) is 6.61 Å². The van der Waals surface area contributed by atoms with Gasteiger partial charge in [0, 0.05) is 6.42 Å². The first-order chi connectivity index (χ1) is 8.20. The Morgan fingerprint density at radius 2 is 1.53 bits per heavy atom. The van der Waals surface area contributed by atoms with Gasteiger partial charge in [-0.25, -0.2) is 4.79 Å². The Bertz CT molecular complexity index is 215. The number of hydrogen-bond acceptors (Lipinski definition) is 5. The van der Waals surface area contributed by atoms with Crippen molar-refractivity contribution in [3.63, 3.8) is 0 Å². The van der Waals surface area contributed by atoms with Gasteiger partial charge in [0.15, 0.2) is 6.61 Å². The SMILES string of the molecule is CCCCCCCCCC(=O)OCC(=O)OO. The van der Waals surface area contributed by atoms with Gasteiger partial charge in [-0.05, 0) is 6.42 Å². The minimum absolute atomic E-state index is 0.312. The summed E-state index contributed by atoms with van der Waals surface area (Å²) < 4.78 is 4.57. The molecule has 0 atom stereocenters. The van der Waals surface area contributed by atoms with Gasteiger partial charge >= 0.3 is 11.9 Å². The van der Waals surface area contributed by atoms with Crippen LogP contribution in [-0.2, 0) is 19.2 Å². The van der Waals surface area contributed by atoms with Crippen LogP contribution in [0.5, 0.6) is 0 Å². The van der Waals surface area contributed by atoms with E-state index in [2.05, 4.69) is 16.5 Å². The molecule has 0 aliphatic carbocycles. The van der Waals surface area contributed by atoms with E-state index >= 15 is 0 Å². The molecule has 1 N–H and O–H groups in total. The lowest BCUT2D eigenvalue weighted by atomic mass is 10.1. The van der Waals surface area contributed by atoms with Gasteiger partial charge < -0.3 is 4.74 Å². The van der Waals surface area contributed by atoms with E-state index in [9.17, 15) is 9.59 Å². The standard InChI is InChI=1S/C12H22O5/c1-2-3-4-5-6-7-8-9-11(13)16-10-12(14)17-15/h15H,2-10H2,1H3. The van der Waals surface area contributed by atoms with Crippen molar-refractivity contribution >= 4 is 11.9 Å². The highest BCUT2D eigenvalue weighted by Gasteiger charge is 2.07. The van der Waals surface area contributed by atoms with Crippen LogP contribution in [-0.4, -0.2) is 23.8 Å². The van der Waals surface area contributed by atoms with Gasteiger partial charge in [-0.3, -0.25) is 9.68 Å². The number of rotatable bonds is 10. The molecule has 0 heterocycles.